The molecule has 1 heterocycles. The second-order valence-electron chi connectivity index (χ2n) is 5.28. The molecule has 2 rings (SSSR count). The van der Waals surface area contributed by atoms with Crippen molar-refractivity contribution in [3.8, 4) is 0 Å². The van der Waals surface area contributed by atoms with Crippen molar-refractivity contribution in [2.75, 3.05) is 6.54 Å². The molecule has 1 aliphatic rings. The van der Waals surface area contributed by atoms with Gasteiger partial charge in [0.2, 0.25) is 0 Å². The first kappa shape index (κ1) is 13.0. The third-order valence-electron chi connectivity index (χ3n) is 2.98. The van der Waals surface area contributed by atoms with Crippen LogP contribution in [0.4, 0.5) is 0 Å². The first-order chi connectivity index (χ1) is 8.56. The molecule has 1 aromatic rings. The van der Waals surface area contributed by atoms with Gasteiger partial charge >= 0.3 is 5.97 Å². The first-order valence-corrected chi connectivity index (χ1v) is 6.38. The fraction of sp³-hybridized carbons (Fsp3) is 0.750. The highest BCUT2D eigenvalue weighted by Crippen LogP contribution is 2.27. The van der Waals surface area contributed by atoms with Crippen LogP contribution in [0.1, 0.15) is 32.5 Å². The van der Waals surface area contributed by atoms with E-state index in [0.29, 0.717) is 18.5 Å². The Hall–Kier alpha value is -1.43. The van der Waals surface area contributed by atoms with Crippen molar-refractivity contribution >= 4 is 5.97 Å². The van der Waals surface area contributed by atoms with Gasteiger partial charge in [-0.1, -0.05) is 13.8 Å². The summed E-state index contributed by atoms with van der Waals surface area (Å²) in [6.45, 7) is 5.73. The lowest BCUT2D eigenvalue weighted by Gasteiger charge is -2.19. The number of carboxylic acid groups (broad SMARTS) is 1. The average Bonchev–Trinajstić information content (AvgIpc) is 3.02. The largest absolute Gasteiger partial charge is 0.480 e. The second-order valence-corrected chi connectivity index (χ2v) is 5.28. The SMILES string of the molecule is CC(C)Cn1ncnc1CN(CC(=O)O)C1CC1. The predicted molar refractivity (Wildman–Crippen MR) is 65.9 cm³/mol. The summed E-state index contributed by atoms with van der Waals surface area (Å²) >= 11 is 0. The van der Waals surface area contributed by atoms with E-state index < -0.39 is 5.97 Å². The van der Waals surface area contributed by atoms with Crippen molar-refractivity contribution in [1.29, 1.82) is 0 Å². The zero-order valence-corrected chi connectivity index (χ0v) is 10.9. The van der Waals surface area contributed by atoms with Crippen LogP contribution >= 0.6 is 0 Å². The molecule has 6 nitrogen and oxygen atoms in total. The van der Waals surface area contributed by atoms with Gasteiger partial charge in [-0.3, -0.25) is 9.69 Å². The van der Waals surface area contributed by atoms with Crippen LogP contribution in [0.2, 0.25) is 0 Å². The Balaban J connectivity index is 2.01. The summed E-state index contributed by atoms with van der Waals surface area (Å²) in [6.07, 6.45) is 3.72. The van der Waals surface area contributed by atoms with Gasteiger partial charge in [-0.15, -0.1) is 0 Å². The van der Waals surface area contributed by atoms with E-state index in [9.17, 15) is 4.79 Å². The lowest BCUT2D eigenvalue weighted by molar-refractivity contribution is -0.138. The van der Waals surface area contributed by atoms with Crippen molar-refractivity contribution in [1.82, 2.24) is 19.7 Å². The van der Waals surface area contributed by atoms with E-state index in [1.54, 1.807) is 6.33 Å². The van der Waals surface area contributed by atoms with Crippen LogP contribution in [0.15, 0.2) is 6.33 Å². The number of hydrogen-bond acceptors (Lipinski definition) is 4. The molecule has 0 radical (unpaired) electrons. The van der Waals surface area contributed by atoms with Gasteiger partial charge in [-0.05, 0) is 18.8 Å². The van der Waals surface area contributed by atoms with Crippen molar-refractivity contribution in [3.05, 3.63) is 12.2 Å². The van der Waals surface area contributed by atoms with E-state index in [1.807, 2.05) is 9.58 Å². The van der Waals surface area contributed by atoms with Crippen LogP contribution in [0.5, 0.6) is 0 Å². The minimum Gasteiger partial charge on any atom is -0.480 e. The summed E-state index contributed by atoms with van der Waals surface area (Å²) in [5.41, 5.74) is 0. The van der Waals surface area contributed by atoms with Crippen molar-refractivity contribution in [2.24, 2.45) is 5.92 Å². The molecule has 0 bridgehead atoms. The smallest absolute Gasteiger partial charge is 0.317 e. The fourth-order valence-electron chi connectivity index (χ4n) is 2.02. The standard InChI is InChI=1S/C12H20N4O2/c1-9(2)5-16-11(13-8-14-16)6-15(7-12(17)18)10-3-4-10/h8-10H,3-7H2,1-2H3,(H,17,18). The number of aliphatic carboxylic acids is 1. The molecule has 6 heteroatoms. The minimum atomic E-state index is -0.781. The van der Waals surface area contributed by atoms with E-state index in [1.165, 1.54) is 0 Å². The van der Waals surface area contributed by atoms with E-state index in [-0.39, 0.29) is 6.54 Å². The molecule has 0 spiro atoms. The maximum absolute atomic E-state index is 10.8. The summed E-state index contributed by atoms with van der Waals surface area (Å²) in [7, 11) is 0. The first-order valence-electron chi connectivity index (χ1n) is 6.38. The molecular formula is C12H20N4O2. The molecule has 1 fully saturated rings. The van der Waals surface area contributed by atoms with E-state index >= 15 is 0 Å². The summed E-state index contributed by atoms with van der Waals surface area (Å²) in [5.74, 6) is 0.577. The Bertz CT molecular complexity index is 412. The van der Waals surface area contributed by atoms with Crippen LogP contribution in [0.3, 0.4) is 0 Å². The minimum absolute atomic E-state index is 0.0825. The highest BCUT2D eigenvalue weighted by Gasteiger charge is 2.31. The normalized spacial score (nSPS) is 15.6. The van der Waals surface area contributed by atoms with Gasteiger partial charge in [-0.2, -0.15) is 5.10 Å². The molecule has 1 saturated carbocycles. The number of hydrogen-bond donors (Lipinski definition) is 1. The van der Waals surface area contributed by atoms with Crippen LogP contribution < -0.4 is 0 Å². The molecule has 1 aliphatic carbocycles. The fourth-order valence-corrected chi connectivity index (χ4v) is 2.02. The zero-order valence-electron chi connectivity index (χ0n) is 10.9. The maximum atomic E-state index is 10.8. The van der Waals surface area contributed by atoms with Gasteiger partial charge in [-0.25, -0.2) is 9.67 Å². The van der Waals surface area contributed by atoms with E-state index in [0.717, 1.165) is 25.2 Å². The number of rotatable bonds is 7. The molecule has 1 N–H and O–H groups in total. The molecule has 100 valence electrons. The Morgan fingerprint density at radius 1 is 1.61 bits per heavy atom. The van der Waals surface area contributed by atoms with Gasteiger partial charge in [0.05, 0.1) is 13.1 Å². The van der Waals surface area contributed by atoms with Gasteiger partial charge < -0.3 is 5.11 Å². The molecule has 0 amide bonds. The molecule has 0 saturated heterocycles. The van der Waals surface area contributed by atoms with Gasteiger partial charge in [0.1, 0.15) is 12.2 Å². The van der Waals surface area contributed by atoms with Gasteiger partial charge in [0, 0.05) is 12.6 Å². The molecule has 0 aliphatic heterocycles. The number of carbonyl (C=O) groups is 1. The molecule has 18 heavy (non-hydrogen) atoms. The quantitative estimate of drug-likeness (QED) is 0.783. The summed E-state index contributed by atoms with van der Waals surface area (Å²) in [5, 5.41) is 13.1. The third-order valence-corrected chi connectivity index (χ3v) is 2.98. The van der Waals surface area contributed by atoms with E-state index in [4.69, 9.17) is 5.11 Å². The average molecular weight is 252 g/mol. The molecule has 1 aromatic heterocycles. The van der Waals surface area contributed by atoms with Crippen molar-refractivity contribution in [3.63, 3.8) is 0 Å². The molecule has 0 unspecified atom stereocenters. The molecule has 0 atom stereocenters. The van der Waals surface area contributed by atoms with Crippen LogP contribution in [0, 0.1) is 5.92 Å². The summed E-state index contributed by atoms with van der Waals surface area (Å²) in [6, 6.07) is 0.408. The Morgan fingerprint density at radius 3 is 2.89 bits per heavy atom. The third kappa shape index (κ3) is 3.53. The second kappa shape index (κ2) is 5.48. The zero-order chi connectivity index (χ0) is 13.1. The summed E-state index contributed by atoms with van der Waals surface area (Å²) in [4.78, 5) is 17.1. The Kier molecular flexibility index (Phi) is 3.96. The van der Waals surface area contributed by atoms with Crippen molar-refractivity contribution < 1.29 is 9.90 Å². The number of carboxylic acids is 1. The van der Waals surface area contributed by atoms with Crippen LogP contribution in [0.25, 0.3) is 0 Å². The summed E-state index contributed by atoms with van der Waals surface area (Å²) < 4.78 is 1.88. The molecule has 0 aromatic carbocycles. The molecular weight excluding hydrogens is 232 g/mol. The number of nitrogens with zero attached hydrogens (tertiary/aromatic N) is 4. The monoisotopic (exact) mass is 252 g/mol. The number of aromatic nitrogens is 3. The van der Waals surface area contributed by atoms with Crippen LogP contribution in [-0.2, 0) is 17.9 Å². The van der Waals surface area contributed by atoms with Crippen molar-refractivity contribution in [2.45, 2.75) is 45.8 Å². The Morgan fingerprint density at radius 2 is 2.33 bits per heavy atom. The Labute approximate surface area is 107 Å². The van der Waals surface area contributed by atoms with E-state index in [2.05, 4.69) is 23.9 Å². The van der Waals surface area contributed by atoms with Gasteiger partial charge in [0.25, 0.3) is 0 Å². The topological polar surface area (TPSA) is 71.2 Å². The highest BCUT2D eigenvalue weighted by atomic mass is 16.4. The highest BCUT2D eigenvalue weighted by molar-refractivity contribution is 5.69. The lowest BCUT2D eigenvalue weighted by Crippen LogP contribution is -2.32. The lowest BCUT2D eigenvalue weighted by atomic mass is 10.2. The van der Waals surface area contributed by atoms with Gasteiger partial charge in [0.15, 0.2) is 0 Å². The van der Waals surface area contributed by atoms with Crippen LogP contribution in [-0.4, -0.2) is 43.3 Å². The maximum Gasteiger partial charge on any atom is 0.317 e. The predicted octanol–water partition coefficient (Wildman–Crippen LogP) is 0.983.